The average molecular weight is 408 g/mol. The highest BCUT2D eigenvalue weighted by molar-refractivity contribution is 6.07. The van der Waals surface area contributed by atoms with E-state index in [4.69, 9.17) is 10.5 Å². The Morgan fingerprint density at radius 1 is 1.10 bits per heavy atom. The first-order valence-electron chi connectivity index (χ1n) is 9.47. The maximum atomic E-state index is 12.9. The number of ketones is 1. The van der Waals surface area contributed by atoms with Crippen LogP contribution in [-0.2, 0) is 31.7 Å². The van der Waals surface area contributed by atoms with Gasteiger partial charge in [0.05, 0.1) is 11.1 Å². The summed E-state index contributed by atoms with van der Waals surface area (Å²) in [6.45, 7) is -0.665. The molecule has 2 N–H and O–H groups in total. The summed E-state index contributed by atoms with van der Waals surface area (Å²) in [6, 6.07) is 7.26. The average Bonchev–Trinajstić information content (AvgIpc) is 3.21. The van der Waals surface area contributed by atoms with Crippen molar-refractivity contribution in [2.24, 2.45) is 14.1 Å². The molecule has 2 aromatic heterocycles. The van der Waals surface area contributed by atoms with Crippen molar-refractivity contribution in [1.29, 1.82) is 0 Å². The van der Waals surface area contributed by atoms with Crippen LogP contribution in [0.4, 0.5) is 5.82 Å². The van der Waals surface area contributed by atoms with E-state index in [-0.39, 0.29) is 11.4 Å². The summed E-state index contributed by atoms with van der Waals surface area (Å²) in [5.74, 6) is -1.69. The lowest BCUT2D eigenvalue weighted by Crippen LogP contribution is -2.42. The second-order valence-electron chi connectivity index (χ2n) is 7.25. The van der Waals surface area contributed by atoms with E-state index >= 15 is 0 Å². The van der Waals surface area contributed by atoms with Gasteiger partial charge < -0.3 is 10.5 Å². The molecule has 0 aliphatic heterocycles. The number of pyridine rings is 1. The molecule has 0 saturated heterocycles. The summed E-state index contributed by atoms with van der Waals surface area (Å²) >= 11 is 0. The zero-order valence-corrected chi connectivity index (χ0v) is 16.6. The number of nitrogens with two attached hydrogens (primary N) is 1. The summed E-state index contributed by atoms with van der Waals surface area (Å²) in [5, 5.41) is 0.660. The molecule has 0 bridgehead atoms. The van der Waals surface area contributed by atoms with Gasteiger partial charge in [-0.15, -0.1) is 0 Å². The number of benzene rings is 1. The van der Waals surface area contributed by atoms with Crippen LogP contribution in [0.25, 0.3) is 10.9 Å². The molecular formula is C21H20N4O5. The van der Waals surface area contributed by atoms with E-state index < -0.39 is 29.6 Å². The van der Waals surface area contributed by atoms with Gasteiger partial charge in [0.2, 0.25) is 5.78 Å². The van der Waals surface area contributed by atoms with Gasteiger partial charge in [-0.2, -0.15) is 0 Å². The van der Waals surface area contributed by atoms with Crippen molar-refractivity contribution in [3.8, 4) is 0 Å². The van der Waals surface area contributed by atoms with E-state index in [1.807, 2.05) is 18.2 Å². The van der Waals surface area contributed by atoms with Crippen LogP contribution in [0.15, 0.2) is 33.9 Å². The number of nitrogens with zero attached hydrogens (tertiary/aromatic N) is 3. The molecule has 0 saturated carbocycles. The van der Waals surface area contributed by atoms with Gasteiger partial charge >= 0.3 is 11.7 Å². The normalized spacial score (nSPS) is 12.7. The Hall–Kier alpha value is -3.75. The van der Waals surface area contributed by atoms with Gasteiger partial charge in [-0.05, 0) is 30.9 Å². The Balaban J connectivity index is 1.67. The third-order valence-electron chi connectivity index (χ3n) is 5.45. The molecule has 9 heteroatoms. The molecule has 2 heterocycles. The minimum absolute atomic E-state index is 0.264. The number of rotatable bonds is 4. The standard InChI is InChI=1S/C21H20N4O5/c1-24-18(22)17(19(27)25(2)21(24)29)15(26)10-30-20(28)16-11-6-3-4-8-13(11)23-14-9-5-7-12(14)16/h3-4,6,8H,5,7,9-10,22H2,1-2H3. The summed E-state index contributed by atoms with van der Waals surface area (Å²) < 4.78 is 7.08. The van der Waals surface area contributed by atoms with Gasteiger partial charge in [-0.3, -0.25) is 23.7 Å². The number of aromatic nitrogens is 3. The molecule has 0 spiro atoms. The predicted molar refractivity (Wildman–Crippen MR) is 110 cm³/mol. The van der Waals surface area contributed by atoms with Crippen LogP contribution in [0.3, 0.4) is 0 Å². The number of fused-ring (bicyclic) bond motifs is 2. The first-order valence-corrected chi connectivity index (χ1v) is 9.47. The van der Waals surface area contributed by atoms with Crippen LogP contribution in [0.5, 0.6) is 0 Å². The molecule has 0 atom stereocenters. The lowest BCUT2D eigenvalue weighted by molar-refractivity contribution is 0.0475. The van der Waals surface area contributed by atoms with E-state index in [1.165, 1.54) is 14.1 Å². The fraction of sp³-hybridized carbons (Fsp3) is 0.286. The monoisotopic (exact) mass is 408 g/mol. The molecule has 154 valence electrons. The van der Waals surface area contributed by atoms with Crippen molar-refractivity contribution in [3.05, 3.63) is 67.5 Å². The Kier molecular flexibility index (Phi) is 4.73. The largest absolute Gasteiger partial charge is 0.454 e. The van der Waals surface area contributed by atoms with Gasteiger partial charge in [0.15, 0.2) is 6.61 Å². The first kappa shape index (κ1) is 19.6. The molecule has 4 rings (SSSR count). The fourth-order valence-electron chi connectivity index (χ4n) is 3.84. The Labute approximate surface area is 170 Å². The van der Waals surface area contributed by atoms with E-state index in [9.17, 15) is 19.2 Å². The summed E-state index contributed by atoms with van der Waals surface area (Å²) in [7, 11) is 2.60. The van der Waals surface area contributed by atoms with E-state index in [0.717, 1.165) is 33.2 Å². The fourth-order valence-corrected chi connectivity index (χ4v) is 3.84. The smallest absolute Gasteiger partial charge is 0.339 e. The van der Waals surface area contributed by atoms with Crippen LogP contribution in [0, 0.1) is 0 Å². The second-order valence-corrected chi connectivity index (χ2v) is 7.25. The first-order chi connectivity index (χ1) is 14.3. The maximum Gasteiger partial charge on any atom is 0.339 e. The number of anilines is 1. The number of esters is 1. The number of carbonyl (C=O) groups excluding carboxylic acids is 2. The maximum absolute atomic E-state index is 12.9. The van der Waals surface area contributed by atoms with Crippen molar-refractivity contribution in [2.75, 3.05) is 12.3 Å². The molecule has 9 nitrogen and oxygen atoms in total. The predicted octanol–water partition coefficient (Wildman–Crippen LogP) is 0.743. The van der Waals surface area contributed by atoms with Crippen LogP contribution in [0.1, 0.15) is 38.4 Å². The summed E-state index contributed by atoms with van der Waals surface area (Å²) in [4.78, 5) is 54.5. The molecule has 0 fully saturated rings. The molecule has 1 aliphatic carbocycles. The van der Waals surface area contributed by atoms with Crippen molar-refractivity contribution in [1.82, 2.24) is 14.1 Å². The van der Waals surface area contributed by atoms with Gasteiger partial charge in [0, 0.05) is 25.2 Å². The number of carbonyl (C=O) groups is 2. The summed E-state index contributed by atoms with van der Waals surface area (Å²) in [5.41, 5.74) is 6.74. The molecule has 0 amide bonds. The van der Waals surface area contributed by atoms with E-state index in [1.54, 1.807) is 6.07 Å². The quantitative estimate of drug-likeness (QED) is 0.498. The lowest BCUT2D eigenvalue weighted by Gasteiger charge is -2.13. The van der Waals surface area contributed by atoms with Crippen LogP contribution in [-0.4, -0.2) is 32.5 Å². The minimum Gasteiger partial charge on any atom is -0.454 e. The number of aryl methyl sites for hydroxylation is 1. The van der Waals surface area contributed by atoms with Crippen LogP contribution in [0.2, 0.25) is 0 Å². The van der Waals surface area contributed by atoms with Gasteiger partial charge in [0.25, 0.3) is 5.56 Å². The Bertz CT molecular complexity index is 1340. The number of hydrogen-bond donors (Lipinski definition) is 1. The molecular weight excluding hydrogens is 388 g/mol. The zero-order chi connectivity index (χ0) is 21.6. The molecule has 3 aromatic rings. The van der Waals surface area contributed by atoms with E-state index in [2.05, 4.69) is 4.98 Å². The Morgan fingerprint density at radius 3 is 2.60 bits per heavy atom. The molecule has 30 heavy (non-hydrogen) atoms. The van der Waals surface area contributed by atoms with Gasteiger partial charge in [-0.1, -0.05) is 18.2 Å². The number of Topliss-reactive ketones (excluding diaryl/α,β-unsaturated/α-hetero) is 1. The highest BCUT2D eigenvalue weighted by atomic mass is 16.5. The topological polar surface area (TPSA) is 126 Å². The highest BCUT2D eigenvalue weighted by Crippen LogP contribution is 2.30. The number of hydrogen-bond acceptors (Lipinski definition) is 7. The van der Waals surface area contributed by atoms with Gasteiger partial charge in [-0.25, -0.2) is 9.59 Å². The molecule has 1 aromatic carbocycles. The number of nitrogen functional groups attached to an aromatic ring is 1. The molecule has 1 aliphatic rings. The zero-order valence-electron chi connectivity index (χ0n) is 16.6. The third kappa shape index (κ3) is 2.99. The van der Waals surface area contributed by atoms with Crippen molar-refractivity contribution in [2.45, 2.75) is 19.3 Å². The minimum atomic E-state index is -0.827. The van der Waals surface area contributed by atoms with Crippen molar-refractivity contribution >= 4 is 28.5 Å². The molecule has 0 unspecified atom stereocenters. The third-order valence-corrected chi connectivity index (χ3v) is 5.45. The van der Waals surface area contributed by atoms with Crippen LogP contribution < -0.4 is 17.0 Å². The SMILES string of the molecule is Cn1c(N)c(C(=O)COC(=O)c2c3c(nc4ccccc24)CCC3)c(=O)n(C)c1=O. The highest BCUT2D eigenvalue weighted by Gasteiger charge is 2.26. The van der Waals surface area contributed by atoms with Crippen molar-refractivity contribution < 1.29 is 14.3 Å². The number of para-hydroxylation sites is 1. The van der Waals surface area contributed by atoms with Crippen LogP contribution >= 0.6 is 0 Å². The van der Waals surface area contributed by atoms with Crippen molar-refractivity contribution in [3.63, 3.8) is 0 Å². The second kappa shape index (κ2) is 7.25. The van der Waals surface area contributed by atoms with E-state index in [0.29, 0.717) is 22.9 Å². The van der Waals surface area contributed by atoms with Gasteiger partial charge in [0.1, 0.15) is 11.4 Å². The number of ether oxygens (including phenoxy) is 1. The summed E-state index contributed by atoms with van der Waals surface area (Å²) in [6.07, 6.45) is 2.38. The lowest BCUT2D eigenvalue weighted by atomic mass is 10.0. The Morgan fingerprint density at radius 2 is 1.83 bits per heavy atom. The molecule has 0 radical (unpaired) electrons.